The van der Waals surface area contributed by atoms with Crippen LogP contribution in [0.15, 0.2) is 29.2 Å². The van der Waals surface area contributed by atoms with Crippen LogP contribution < -0.4 is 5.32 Å². The summed E-state index contributed by atoms with van der Waals surface area (Å²) in [5, 5.41) is 3.96. The van der Waals surface area contributed by atoms with Crippen molar-refractivity contribution in [3.63, 3.8) is 0 Å². The summed E-state index contributed by atoms with van der Waals surface area (Å²) >= 11 is 7.14. The molecule has 0 saturated carbocycles. The van der Waals surface area contributed by atoms with Crippen molar-refractivity contribution in [2.24, 2.45) is 0 Å². The zero-order valence-electron chi connectivity index (χ0n) is 6.66. The molecule has 13 heavy (non-hydrogen) atoms. The number of aromatic nitrogens is 1. The molecule has 2 rings (SSSR count). The monoisotopic (exact) mass is 214 g/mol. The smallest absolute Gasteiger partial charge is 0.184 e. The highest BCUT2D eigenvalue weighted by molar-refractivity contribution is 7.19. The van der Waals surface area contributed by atoms with Crippen molar-refractivity contribution >= 4 is 28.1 Å². The molecule has 0 aliphatic heterocycles. The molecule has 0 amide bonds. The molecule has 5 heteroatoms. The Kier molecular flexibility index (Phi) is 2.52. The molecule has 0 aliphatic rings. The summed E-state index contributed by atoms with van der Waals surface area (Å²) in [6, 6.07) is 1.90. The van der Waals surface area contributed by atoms with E-state index in [0.29, 0.717) is 10.9 Å². The molecular formula is C8H7ClN2OS. The second-order valence-corrected chi connectivity index (χ2v) is 4.12. The number of hydrogen-bond acceptors (Lipinski definition) is 4. The van der Waals surface area contributed by atoms with E-state index < -0.39 is 0 Å². The Hall–Kier alpha value is -1.00. The van der Waals surface area contributed by atoms with Gasteiger partial charge in [0.05, 0.1) is 18.7 Å². The van der Waals surface area contributed by atoms with Crippen LogP contribution in [0.1, 0.15) is 5.56 Å². The quantitative estimate of drug-likeness (QED) is 0.854. The standard InChI is InChI=1S/C8H7ClN2OS/c9-7-4-11-8(13-7)10-3-6-1-2-12-5-6/h1-2,4-5H,3H2,(H,10,11). The largest absolute Gasteiger partial charge is 0.472 e. The fourth-order valence-electron chi connectivity index (χ4n) is 0.907. The van der Waals surface area contributed by atoms with Gasteiger partial charge in [0.25, 0.3) is 0 Å². The molecule has 2 aromatic rings. The summed E-state index contributed by atoms with van der Waals surface area (Å²) < 4.78 is 5.61. The van der Waals surface area contributed by atoms with Crippen LogP contribution in [0, 0.1) is 0 Å². The molecule has 2 aromatic heterocycles. The van der Waals surface area contributed by atoms with Gasteiger partial charge in [-0.2, -0.15) is 0 Å². The van der Waals surface area contributed by atoms with Crippen LogP contribution in [-0.2, 0) is 6.54 Å². The number of halogens is 1. The molecule has 0 aromatic carbocycles. The second-order valence-electron chi connectivity index (χ2n) is 2.45. The van der Waals surface area contributed by atoms with Gasteiger partial charge in [0.2, 0.25) is 0 Å². The van der Waals surface area contributed by atoms with Gasteiger partial charge in [-0.1, -0.05) is 22.9 Å². The first kappa shape index (κ1) is 8.59. The number of nitrogens with one attached hydrogen (secondary N) is 1. The molecule has 2 heterocycles. The number of furan rings is 1. The Morgan fingerprint density at radius 3 is 3.15 bits per heavy atom. The number of hydrogen-bond donors (Lipinski definition) is 1. The summed E-state index contributed by atoms with van der Waals surface area (Å²) in [4.78, 5) is 4.06. The number of anilines is 1. The Morgan fingerprint density at radius 2 is 2.54 bits per heavy atom. The molecule has 0 aliphatic carbocycles. The lowest BCUT2D eigenvalue weighted by atomic mass is 10.3. The normalized spacial score (nSPS) is 10.2. The fraction of sp³-hybridized carbons (Fsp3) is 0.125. The number of thiazole rings is 1. The summed E-state index contributed by atoms with van der Waals surface area (Å²) in [6.45, 7) is 0.709. The van der Waals surface area contributed by atoms with E-state index in [1.54, 1.807) is 18.7 Å². The van der Waals surface area contributed by atoms with Crippen molar-refractivity contribution < 1.29 is 4.42 Å². The molecule has 0 radical (unpaired) electrons. The van der Waals surface area contributed by atoms with Crippen LogP contribution in [0.5, 0.6) is 0 Å². The van der Waals surface area contributed by atoms with E-state index in [1.807, 2.05) is 6.07 Å². The van der Waals surface area contributed by atoms with Gasteiger partial charge in [-0.15, -0.1) is 0 Å². The van der Waals surface area contributed by atoms with Crippen molar-refractivity contribution in [3.05, 3.63) is 34.7 Å². The first-order valence-corrected chi connectivity index (χ1v) is 4.90. The van der Waals surface area contributed by atoms with E-state index in [0.717, 1.165) is 10.7 Å². The maximum absolute atomic E-state index is 5.72. The first-order chi connectivity index (χ1) is 6.34. The van der Waals surface area contributed by atoms with Crippen LogP contribution in [0.4, 0.5) is 5.13 Å². The van der Waals surface area contributed by atoms with Gasteiger partial charge in [-0.05, 0) is 6.07 Å². The molecule has 0 spiro atoms. The third kappa shape index (κ3) is 2.23. The predicted octanol–water partition coefficient (Wildman–Crippen LogP) is 3.00. The summed E-state index contributed by atoms with van der Waals surface area (Å²) in [5.74, 6) is 0. The molecule has 0 unspecified atom stereocenters. The first-order valence-electron chi connectivity index (χ1n) is 3.71. The third-order valence-electron chi connectivity index (χ3n) is 1.50. The summed E-state index contributed by atoms with van der Waals surface area (Å²) in [6.07, 6.45) is 4.97. The molecular weight excluding hydrogens is 208 g/mol. The molecule has 0 bridgehead atoms. The predicted molar refractivity (Wildman–Crippen MR) is 53.2 cm³/mol. The maximum Gasteiger partial charge on any atom is 0.184 e. The van der Waals surface area contributed by atoms with E-state index in [9.17, 15) is 0 Å². The van der Waals surface area contributed by atoms with Crippen molar-refractivity contribution in [1.82, 2.24) is 4.98 Å². The second kappa shape index (κ2) is 3.81. The summed E-state index contributed by atoms with van der Waals surface area (Å²) in [7, 11) is 0. The van der Waals surface area contributed by atoms with E-state index in [4.69, 9.17) is 16.0 Å². The highest BCUT2D eigenvalue weighted by atomic mass is 35.5. The van der Waals surface area contributed by atoms with Crippen molar-refractivity contribution in [2.45, 2.75) is 6.54 Å². The van der Waals surface area contributed by atoms with Gasteiger partial charge in [0.15, 0.2) is 5.13 Å². The number of nitrogens with zero attached hydrogens (tertiary/aromatic N) is 1. The molecule has 0 saturated heterocycles. The van der Waals surface area contributed by atoms with Crippen LogP contribution in [0.25, 0.3) is 0 Å². The molecule has 68 valence electrons. The molecule has 1 N–H and O–H groups in total. The minimum atomic E-state index is 0.690. The van der Waals surface area contributed by atoms with Gasteiger partial charge in [-0.3, -0.25) is 0 Å². The SMILES string of the molecule is Clc1cnc(NCc2ccoc2)s1. The van der Waals surface area contributed by atoms with E-state index in [-0.39, 0.29) is 0 Å². The molecule has 0 fully saturated rings. The van der Waals surface area contributed by atoms with Gasteiger partial charge >= 0.3 is 0 Å². The van der Waals surface area contributed by atoms with E-state index >= 15 is 0 Å². The lowest BCUT2D eigenvalue weighted by Gasteiger charge is -1.97. The fourth-order valence-corrected chi connectivity index (χ4v) is 1.71. The average Bonchev–Trinajstić information content (AvgIpc) is 2.71. The molecule has 3 nitrogen and oxygen atoms in total. The number of rotatable bonds is 3. The van der Waals surface area contributed by atoms with E-state index in [2.05, 4.69) is 10.3 Å². The highest BCUT2D eigenvalue weighted by Crippen LogP contribution is 2.22. The zero-order valence-corrected chi connectivity index (χ0v) is 8.23. The minimum Gasteiger partial charge on any atom is -0.472 e. The molecule has 0 atom stereocenters. The van der Waals surface area contributed by atoms with Crippen LogP contribution in [0.3, 0.4) is 0 Å². The lowest BCUT2D eigenvalue weighted by molar-refractivity contribution is 0.564. The van der Waals surface area contributed by atoms with Crippen LogP contribution in [0.2, 0.25) is 4.34 Å². The highest BCUT2D eigenvalue weighted by Gasteiger charge is 1.99. The van der Waals surface area contributed by atoms with E-state index in [1.165, 1.54) is 11.3 Å². The Morgan fingerprint density at radius 1 is 1.62 bits per heavy atom. The van der Waals surface area contributed by atoms with Gasteiger partial charge < -0.3 is 9.73 Å². The summed E-state index contributed by atoms with van der Waals surface area (Å²) in [5.41, 5.74) is 1.09. The van der Waals surface area contributed by atoms with Crippen molar-refractivity contribution in [3.8, 4) is 0 Å². The minimum absolute atomic E-state index is 0.690. The van der Waals surface area contributed by atoms with Crippen LogP contribution >= 0.6 is 22.9 Å². The lowest BCUT2D eigenvalue weighted by Crippen LogP contribution is -1.96. The van der Waals surface area contributed by atoms with Crippen molar-refractivity contribution in [1.29, 1.82) is 0 Å². The van der Waals surface area contributed by atoms with Gasteiger partial charge in [0.1, 0.15) is 4.34 Å². The topological polar surface area (TPSA) is 38.1 Å². The third-order valence-corrected chi connectivity index (χ3v) is 2.57. The van der Waals surface area contributed by atoms with Gasteiger partial charge in [0, 0.05) is 12.1 Å². The van der Waals surface area contributed by atoms with Crippen LogP contribution in [-0.4, -0.2) is 4.98 Å². The zero-order chi connectivity index (χ0) is 9.10. The maximum atomic E-state index is 5.72. The Labute approximate surface area is 84.4 Å². The van der Waals surface area contributed by atoms with Crippen molar-refractivity contribution in [2.75, 3.05) is 5.32 Å². The Bertz CT molecular complexity index is 371. The Balaban J connectivity index is 1.93. The van der Waals surface area contributed by atoms with Gasteiger partial charge in [-0.25, -0.2) is 4.98 Å². The average molecular weight is 215 g/mol.